The molecule has 0 fully saturated rings. The largest absolute Gasteiger partial charge is 0.450 e. The van der Waals surface area contributed by atoms with Gasteiger partial charge in [0.15, 0.2) is 5.58 Å². The summed E-state index contributed by atoms with van der Waals surface area (Å²) in [5, 5.41) is 5.62. The highest BCUT2D eigenvalue weighted by Crippen LogP contribution is 2.12. The number of hydrogen-bond acceptors (Lipinski definition) is 5. The molecule has 8 heteroatoms. The number of benzene rings is 1. The molecule has 0 saturated heterocycles. The Morgan fingerprint density at radius 2 is 2.00 bits per heavy atom. The number of amides is 2. The number of oxazole rings is 1. The number of aromatic nitrogens is 1. The standard InChI is InChI=1S/C20H29N3O5/c1-4-27-19(25)22-15(12-14(2)3)13-21-18(24)10-7-11-23-16-8-5-6-9-17(16)28-20(23)26/h5-6,8-9,14-15H,4,7,10-13H2,1-3H3,(H,21,24)(H,22,25). The van der Waals surface area contributed by atoms with Crippen LogP contribution in [0, 0.1) is 5.92 Å². The zero-order valence-corrected chi connectivity index (χ0v) is 16.7. The highest BCUT2D eigenvalue weighted by atomic mass is 16.5. The molecule has 1 unspecified atom stereocenters. The van der Waals surface area contributed by atoms with E-state index in [1.165, 1.54) is 4.57 Å². The Morgan fingerprint density at radius 1 is 1.25 bits per heavy atom. The molecule has 0 radical (unpaired) electrons. The predicted octanol–water partition coefficient (Wildman–Crippen LogP) is 2.65. The Labute approximate surface area is 164 Å². The second-order valence-electron chi connectivity index (χ2n) is 7.09. The van der Waals surface area contributed by atoms with Crippen molar-refractivity contribution in [3.63, 3.8) is 0 Å². The molecule has 0 aliphatic rings. The van der Waals surface area contributed by atoms with Crippen LogP contribution >= 0.6 is 0 Å². The number of carbonyl (C=O) groups is 2. The van der Waals surface area contributed by atoms with Crippen molar-refractivity contribution in [3.8, 4) is 0 Å². The van der Waals surface area contributed by atoms with Gasteiger partial charge >= 0.3 is 11.8 Å². The molecule has 2 aromatic rings. The van der Waals surface area contributed by atoms with Crippen molar-refractivity contribution in [2.45, 2.75) is 52.6 Å². The second-order valence-corrected chi connectivity index (χ2v) is 7.09. The van der Waals surface area contributed by atoms with Gasteiger partial charge in [-0.15, -0.1) is 0 Å². The highest BCUT2D eigenvalue weighted by Gasteiger charge is 2.16. The van der Waals surface area contributed by atoms with Gasteiger partial charge in [-0.1, -0.05) is 26.0 Å². The Balaban J connectivity index is 1.81. The minimum absolute atomic E-state index is 0.125. The molecular formula is C20H29N3O5. The van der Waals surface area contributed by atoms with Crippen LogP contribution in [-0.4, -0.2) is 35.8 Å². The number of aryl methyl sites for hydroxylation is 1. The van der Waals surface area contributed by atoms with Gasteiger partial charge < -0.3 is 19.8 Å². The SMILES string of the molecule is CCOC(=O)NC(CNC(=O)CCCn1c(=O)oc2ccccc21)CC(C)C. The monoisotopic (exact) mass is 391 g/mol. The molecule has 154 valence electrons. The van der Waals surface area contributed by atoms with Crippen LogP contribution in [0.15, 0.2) is 33.5 Å². The molecule has 1 aromatic heterocycles. The zero-order valence-electron chi connectivity index (χ0n) is 16.7. The smallest absolute Gasteiger partial charge is 0.419 e. The quantitative estimate of drug-likeness (QED) is 0.648. The minimum Gasteiger partial charge on any atom is -0.450 e. The Kier molecular flexibility index (Phi) is 8.10. The van der Waals surface area contributed by atoms with Gasteiger partial charge in [-0.25, -0.2) is 9.59 Å². The van der Waals surface area contributed by atoms with Crippen LogP contribution in [0.5, 0.6) is 0 Å². The summed E-state index contributed by atoms with van der Waals surface area (Å²) in [5.74, 6) is -0.178. The summed E-state index contributed by atoms with van der Waals surface area (Å²) in [4.78, 5) is 35.7. The van der Waals surface area contributed by atoms with Gasteiger partial charge in [0, 0.05) is 25.6 Å². The van der Waals surface area contributed by atoms with Crippen LogP contribution in [-0.2, 0) is 16.1 Å². The molecule has 0 aliphatic carbocycles. The van der Waals surface area contributed by atoms with E-state index in [2.05, 4.69) is 24.5 Å². The summed E-state index contributed by atoms with van der Waals surface area (Å²) >= 11 is 0. The van der Waals surface area contributed by atoms with Gasteiger partial charge in [-0.2, -0.15) is 0 Å². The van der Waals surface area contributed by atoms with Crippen LogP contribution in [0.1, 0.15) is 40.0 Å². The summed E-state index contributed by atoms with van der Waals surface area (Å²) in [5.41, 5.74) is 1.27. The minimum atomic E-state index is -0.478. The Morgan fingerprint density at radius 3 is 2.71 bits per heavy atom. The van der Waals surface area contributed by atoms with E-state index >= 15 is 0 Å². The molecule has 1 atom stereocenters. The van der Waals surface area contributed by atoms with Gasteiger partial charge in [0.05, 0.1) is 12.1 Å². The number of para-hydroxylation sites is 2. The maximum atomic E-state index is 12.2. The maximum Gasteiger partial charge on any atom is 0.419 e. The van der Waals surface area contributed by atoms with Gasteiger partial charge in [0.25, 0.3) is 0 Å². The first kappa shape index (κ1) is 21.5. The average molecular weight is 391 g/mol. The summed E-state index contributed by atoms with van der Waals surface area (Å²) in [7, 11) is 0. The molecule has 2 N–H and O–H groups in total. The van der Waals surface area contributed by atoms with E-state index in [0.29, 0.717) is 37.6 Å². The predicted molar refractivity (Wildman–Crippen MR) is 106 cm³/mol. The van der Waals surface area contributed by atoms with E-state index < -0.39 is 11.8 Å². The number of nitrogens with one attached hydrogen (secondary N) is 2. The van der Waals surface area contributed by atoms with Gasteiger partial charge in [-0.05, 0) is 37.8 Å². The highest BCUT2D eigenvalue weighted by molar-refractivity contribution is 5.76. The Hall–Kier alpha value is -2.77. The molecule has 2 rings (SSSR count). The third-order valence-corrected chi connectivity index (χ3v) is 4.26. The fraction of sp³-hybridized carbons (Fsp3) is 0.550. The van der Waals surface area contributed by atoms with E-state index in [-0.39, 0.29) is 18.4 Å². The molecular weight excluding hydrogens is 362 g/mol. The molecule has 1 heterocycles. The van der Waals surface area contributed by atoms with Crippen molar-refractivity contribution in [1.82, 2.24) is 15.2 Å². The van der Waals surface area contributed by atoms with Crippen LogP contribution in [0.3, 0.4) is 0 Å². The first-order chi connectivity index (χ1) is 13.4. The van der Waals surface area contributed by atoms with E-state index in [1.54, 1.807) is 19.1 Å². The number of ether oxygens (including phenoxy) is 1. The van der Waals surface area contributed by atoms with E-state index in [0.717, 1.165) is 11.9 Å². The summed E-state index contributed by atoms with van der Waals surface area (Å²) in [6, 6.07) is 7.01. The average Bonchev–Trinajstić information content (AvgIpc) is 2.95. The van der Waals surface area contributed by atoms with Crippen molar-refractivity contribution in [2.75, 3.05) is 13.2 Å². The third kappa shape index (κ3) is 6.44. The van der Waals surface area contributed by atoms with E-state index in [9.17, 15) is 14.4 Å². The number of fused-ring (bicyclic) bond motifs is 1. The second kappa shape index (κ2) is 10.5. The molecule has 0 aliphatic heterocycles. The van der Waals surface area contributed by atoms with Crippen molar-refractivity contribution in [1.29, 1.82) is 0 Å². The number of nitrogens with zero attached hydrogens (tertiary/aromatic N) is 1. The number of alkyl carbamates (subject to hydrolysis) is 1. The van der Waals surface area contributed by atoms with E-state index in [4.69, 9.17) is 9.15 Å². The molecule has 0 spiro atoms. The lowest BCUT2D eigenvalue weighted by Gasteiger charge is -2.20. The summed E-state index contributed by atoms with van der Waals surface area (Å²) in [6.07, 6.45) is 1.04. The van der Waals surface area contributed by atoms with Gasteiger partial charge in [0.2, 0.25) is 5.91 Å². The van der Waals surface area contributed by atoms with Crippen LogP contribution in [0.25, 0.3) is 11.1 Å². The van der Waals surface area contributed by atoms with Gasteiger partial charge in [-0.3, -0.25) is 9.36 Å². The number of rotatable bonds is 10. The van der Waals surface area contributed by atoms with Crippen LogP contribution in [0.2, 0.25) is 0 Å². The summed E-state index contributed by atoms with van der Waals surface area (Å²) in [6.45, 7) is 6.88. The normalized spacial score (nSPS) is 12.1. The molecule has 2 amide bonds. The first-order valence-corrected chi connectivity index (χ1v) is 9.69. The lowest BCUT2D eigenvalue weighted by Crippen LogP contribution is -2.44. The number of carbonyl (C=O) groups excluding carboxylic acids is 2. The molecule has 8 nitrogen and oxygen atoms in total. The summed E-state index contributed by atoms with van der Waals surface area (Å²) < 4.78 is 11.6. The van der Waals surface area contributed by atoms with Crippen molar-refractivity contribution in [2.24, 2.45) is 5.92 Å². The van der Waals surface area contributed by atoms with Crippen molar-refractivity contribution in [3.05, 3.63) is 34.8 Å². The van der Waals surface area contributed by atoms with Crippen molar-refractivity contribution < 1.29 is 18.7 Å². The zero-order chi connectivity index (χ0) is 20.5. The maximum absolute atomic E-state index is 12.2. The van der Waals surface area contributed by atoms with Crippen LogP contribution in [0.4, 0.5) is 4.79 Å². The topological polar surface area (TPSA) is 103 Å². The fourth-order valence-electron chi connectivity index (χ4n) is 3.05. The molecule has 28 heavy (non-hydrogen) atoms. The van der Waals surface area contributed by atoms with E-state index in [1.807, 2.05) is 12.1 Å². The molecule has 0 saturated carbocycles. The molecule has 1 aromatic carbocycles. The number of hydrogen-bond donors (Lipinski definition) is 2. The lowest BCUT2D eigenvalue weighted by atomic mass is 10.0. The van der Waals surface area contributed by atoms with Gasteiger partial charge in [0.1, 0.15) is 0 Å². The Bertz CT molecular complexity index is 840. The molecule has 0 bridgehead atoms. The lowest BCUT2D eigenvalue weighted by molar-refractivity contribution is -0.121. The first-order valence-electron chi connectivity index (χ1n) is 9.69. The third-order valence-electron chi connectivity index (χ3n) is 4.26. The fourth-order valence-corrected chi connectivity index (χ4v) is 3.05. The van der Waals surface area contributed by atoms with Crippen molar-refractivity contribution >= 4 is 23.1 Å². The van der Waals surface area contributed by atoms with Crippen LogP contribution < -0.4 is 16.4 Å².